The monoisotopic (exact) mass is 434 g/mol. The number of alkyl halides is 5. The first-order chi connectivity index (χ1) is 12.9. The fraction of sp³-hybridized carbons (Fsp3) is 0.562. The predicted octanol–water partition coefficient (Wildman–Crippen LogP) is 3.45. The Hall–Kier alpha value is -1.95. The molecule has 0 saturated carbocycles. The van der Waals surface area contributed by atoms with Crippen molar-refractivity contribution in [1.29, 1.82) is 0 Å². The van der Waals surface area contributed by atoms with Gasteiger partial charge in [0.15, 0.2) is 6.10 Å². The van der Waals surface area contributed by atoms with Crippen molar-refractivity contribution in [2.75, 3.05) is 13.7 Å². The quantitative estimate of drug-likeness (QED) is 0.319. The zero-order valence-corrected chi connectivity index (χ0v) is 15.8. The second-order valence-electron chi connectivity index (χ2n) is 5.55. The van der Waals surface area contributed by atoms with Crippen molar-refractivity contribution in [3.63, 3.8) is 0 Å². The minimum Gasteiger partial charge on any atom is -0.494 e. The summed E-state index contributed by atoms with van der Waals surface area (Å²) in [5.74, 6) is -0.768. The van der Waals surface area contributed by atoms with Crippen molar-refractivity contribution in [2.45, 2.75) is 43.7 Å². The number of methoxy groups -OCH3 is 1. The average Bonchev–Trinajstić information content (AvgIpc) is 2.60. The summed E-state index contributed by atoms with van der Waals surface area (Å²) in [5.41, 5.74) is 0.746. The smallest absolute Gasteiger partial charge is 0.472 e. The molecule has 0 fully saturated rings. The van der Waals surface area contributed by atoms with Gasteiger partial charge in [0, 0.05) is 0 Å². The summed E-state index contributed by atoms with van der Waals surface area (Å²) in [6.45, 7) is 2.27. The largest absolute Gasteiger partial charge is 0.494 e. The molecule has 0 heterocycles. The topological polar surface area (TPSA) is 78.9 Å². The van der Waals surface area contributed by atoms with E-state index in [1.54, 1.807) is 31.2 Å². The zero-order chi connectivity index (χ0) is 21.6. The molecule has 0 aromatic heterocycles. The van der Waals surface area contributed by atoms with E-state index in [1.807, 2.05) is 0 Å². The first-order valence-electron chi connectivity index (χ1n) is 8.02. The molecule has 1 aromatic rings. The molecule has 0 N–H and O–H groups in total. The van der Waals surface area contributed by atoms with Crippen LogP contribution < -0.4 is 4.74 Å². The van der Waals surface area contributed by atoms with Crippen molar-refractivity contribution in [3.8, 4) is 5.75 Å². The van der Waals surface area contributed by atoms with Crippen molar-refractivity contribution >= 4 is 16.1 Å². The summed E-state index contributed by atoms with van der Waals surface area (Å²) < 4.78 is 99.2. The van der Waals surface area contributed by atoms with E-state index in [0.717, 1.165) is 12.7 Å². The van der Waals surface area contributed by atoms with Crippen molar-refractivity contribution in [1.82, 2.24) is 0 Å². The van der Waals surface area contributed by atoms with Crippen molar-refractivity contribution < 1.29 is 48.8 Å². The number of esters is 1. The Balaban J connectivity index is 2.80. The summed E-state index contributed by atoms with van der Waals surface area (Å²) in [5, 5.41) is -6.17. The molecule has 0 aliphatic carbocycles. The Morgan fingerprint density at radius 1 is 1.11 bits per heavy atom. The Kier molecular flexibility index (Phi) is 8.17. The number of hydrogen-bond acceptors (Lipinski definition) is 6. The molecule has 0 amide bonds. The van der Waals surface area contributed by atoms with Gasteiger partial charge in [-0.15, -0.1) is 0 Å². The summed E-state index contributed by atoms with van der Waals surface area (Å²) >= 11 is 0. The molecule has 0 saturated heterocycles. The van der Waals surface area contributed by atoms with Gasteiger partial charge in [-0.2, -0.15) is 30.4 Å². The fourth-order valence-corrected chi connectivity index (χ4v) is 2.99. The van der Waals surface area contributed by atoms with E-state index in [0.29, 0.717) is 12.4 Å². The number of benzene rings is 1. The minimum atomic E-state index is -6.45. The molecular formula is C16H19F5O6S. The van der Waals surface area contributed by atoms with Crippen LogP contribution in [0.5, 0.6) is 5.75 Å². The molecule has 1 rings (SSSR count). The Labute approximate surface area is 158 Å². The van der Waals surface area contributed by atoms with Gasteiger partial charge in [-0.05, 0) is 43.9 Å². The summed E-state index contributed by atoms with van der Waals surface area (Å²) in [4.78, 5) is 11.6. The van der Waals surface area contributed by atoms with Crippen LogP contribution in [0.2, 0.25) is 0 Å². The molecule has 0 spiro atoms. The van der Waals surface area contributed by atoms with E-state index in [4.69, 9.17) is 4.74 Å². The maximum absolute atomic E-state index is 13.1. The normalized spacial score (nSPS) is 13.8. The molecule has 28 heavy (non-hydrogen) atoms. The summed E-state index contributed by atoms with van der Waals surface area (Å²) in [6.07, 6.45) is -8.65. The van der Waals surface area contributed by atoms with Gasteiger partial charge in [-0.1, -0.05) is 12.1 Å². The van der Waals surface area contributed by atoms with Crippen LogP contribution in [0.15, 0.2) is 24.3 Å². The van der Waals surface area contributed by atoms with Gasteiger partial charge in [0.1, 0.15) is 5.75 Å². The lowest BCUT2D eigenvalue weighted by atomic mass is 10.1. The number of halogens is 5. The van der Waals surface area contributed by atoms with E-state index in [2.05, 4.69) is 8.92 Å². The maximum Gasteiger partial charge on any atom is 0.472 e. The van der Waals surface area contributed by atoms with Crippen LogP contribution in [0.25, 0.3) is 0 Å². The van der Waals surface area contributed by atoms with Gasteiger partial charge in [0.2, 0.25) is 0 Å². The number of aryl methyl sites for hydroxylation is 1. The van der Waals surface area contributed by atoms with Gasteiger partial charge < -0.3 is 9.47 Å². The lowest BCUT2D eigenvalue weighted by Crippen LogP contribution is -2.47. The third-order valence-corrected chi connectivity index (χ3v) is 4.86. The van der Waals surface area contributed by atoms with Crippen LogP contribution in [-0.2, 0) is 30.3 Å². The number of rotatable bonds is 10. The van der Waals surface area contributed by atoms with Crippen molar-refractivity contribution in [3.05, 3.63) is 29.8 Å². The van der Waals surface area contributed by atoms with Gasteiger partial charge in [0.05, 0.1) is 13.7 Å². The van der Waals surface area contributed by atoms with Crippen LogP contribution in [0.1, 0.15) is 25.3 Å². The highest BCUT2D eigenvalue weighted by molar-refractivity contribution is 7.87. The SMILES string of the molecule is CCOc1ccc(CCCC(OS(=O)(=O)C(F)(F)C(F)(F)F)C(=O)OC)cc1. The molecule has 0 radical (unpaired) electrons. The standard InChI is InChI=1S/C16H19F5O6S/c1-3-26-12-9-7-11(8-10-12)5-4-6-13(14(22)25-2)27-28(23,24)16(20,21)15(17,18)19/h7-10,13H,3-6H2,1-2H3. The third kappa shape index (κ3) is 6.03. The molecule has 0 bridgehead atoms. The second-order valence-corrected chi connectivity index (χ2v) is 7.16. The lowest BCUT2D eigenvalue weighted by molar-refractivity contribution is -0.244. The van der Waals surface area contributed by atoms with Crippen molar-refractivity contribution in [2.24, 2.45) is 0 Å². The first kappa shape index (κ1) is 24.1. The molecular weight excluding hydrogens is 415 g/mol. The van der Waals surface area contributed by atoms with Gasteiger partial charge in [-0.3, -0.25) is 0 Å². The first-order valence-corrected chi connectivity index (χ1v) is 9.43. The van der Waals surface area contributed by atoms with Crippen LogP contribution in [0.3, 0.4) is 0 Å². The van der Waals surface area contributed by atoms with Gasteiger partial charge in [-0.25, -0.2) is 8.98 Å². The molecule has 0 aliphatic heterocycles. The molecule has 1 atom stereocenters. The van der Waals surface area contributed by atoms with Crippen LogP contribution >= 0.6 is 0 Å². The minimum absolute atomic E-state index is 0.0564. The fourth-order valence-electron chi connectivity index (χ4n) is 2.10. The van der Waals surface area contributed by atoms with E-state index >= 15 is 0 Å². The molecule has 160 valence electrons. The molecule has 6 nitrogen and oxygen atoms in total. The molecule has 1 aromatic carbocycles. The van der Waals surface area contributed by atoms with Gasteiger partial charge in [0.25, 0.3) is 0 Å². The third-order valence-electron chi connectivity index (χ3n) is 3.52. The van der Waals surface area contributed by atoms with Crippen LogP contribution in [0, 0.1) is 0 Å². The summed E-state index contributed by atoms with van der Waals surface area (Å²) in [6, 6.07) is 6.71. The lowest BCUT2D eigenvalue weighted by Gasteiger charge is -2.22. The molecule has 0 aliphatic rings. The highest BCUT2D eigenvalue weighted by Crippen LogP contribution is 2.41. The Bertz CT molecular complexity index is 746. The summed E-state index contributed by atoms with van der Waals surface area (Å²) in [7, 11) is -5.64. The van der Waals surface area contributed by atoms with Crippen LogP contribution in [0.4, 0.5) is 22.0 Å². The second kappa shape index (κ2) is 9.50. The van der Waals surface area contributed by atoms with E-state index in [-0.39, 0.29) is 12.8 Å². The number of hydrogen-bond donors (Lipinski definition) is 0. The van der Waals surface area contributed by atoms with E-state index < -0.39 is 40.0 Å². The van der Waals surface area contributed by atoms with E-state index in [1.165, 1.54) is 0 Å². The molecule has 1 unspecified atom stereocenters. The zero-order valence-electron chi connectivity index (χ0n) is 15.0. The molecule has 12 heteroatoms. The van der Waals surface area contributed by atoms with Gasteiger partial charge >= 0.3 is 27.5 Å². The Morgan fingerprint density at radius 3 is 2.14 bits per heavy atom. The average molecular weight is 434 g/mol. The van der Waals surface area contributed by atoms with E-state index in [9.17, 15) is 35.2 Å². The van der Waals surface area contributed by atoms with Crippen LogP contribution in [-0.4, -0.2) is 45.6 Å². The highest BCUT2D eigenvalue weighted by Gasteiger charge is 2.69. The number of carbonyl (C=O) groups is 1. The number of ether oxygens (including phenoxy) is 2. The number of carbonyl (C=O) groups excluding carboxylic acids is 1. The maximum atomic E-state index is 13.1. The Morgan fingerprint density at radius 2 is 1.68 bits per heavy atom. The highest BCUT2D eigenvalue weighted by atomic mass is 32.2. The predicted molar refractivity (Wildman–Crippen MR) is 87.4 cm³/mol.